The van der Waals surface area contributed by atoms with Crippen molar-refractivity contribution in [2.45, 2.75) is 13.0 Å². The van der Waals surface area contributed by atoms with E-state index in [0.29, 0.717) is 16.6 Å². The molecule has 1 aliphatic rings. The number of nitro groups is 1. The van der Waals surface area contributed by atoms with E-state index < -0.39 is 28.4 Å². The number of aromatic amines is 1. The molecule has 34 heavy (non-hydrogen) atoms. The van der Waals surface area contributed by atoms with Crippen LogP contribution in [0.5, 0.6) is 0 Å². The van der Waals surface area contributed by atoms with Gasteiger partial charge in [0.25, 0.3) is 11.5 Å². The molecular formula is C25H18N4O5. The van der Waals surface area contributed by atoms with E-state index in [2.05, 4.69) is 9.97 Å². The van der Waals surface area contributed by atoms with E-state index in [4.69, 9.17) is 0 Å². The number of amides is 1. The number of non-ortho nitro benzene ring substituents is 1. The molecule has 1 amide bonds. The Balaban J connectivity index is 1.69. The van der Waals surface area contributed by atoms with Crippen LogP contribution in [-0.2, 0) is 9.59 Å². The number of aliphatic hydroxyl groups excluding tert-OH is 1. The first-order valence-corrected chi connectivity index (χ1v) is 10.4. The average molecular weight is 454 g/mol. The second-order valence-corrected chi connectivity index (χ2v) is 7.96. The summed E-state index contributed by atoms with van der Waals surface area (Å²) in [5.74, 6) is -1.95. The number of carbonyl (C=O) groups is 2. The molecule has 3 aromatic carbocycles. The normalized spacial score (nSPS) is 17.4. The minimum atomic E-state index is -0.946. The summed E-state index contributed by atoms with van der Waals surface area (Å²) in [6.45, 7) is 1.93. The summed E-state index contributed by atoms with van der Waals surface area (Å²) in [4.78, 5) is 45.7. The molecule has 1 aromatic heterocycles. The lowest BCUT2D eigenvalue weighted by molar-refractivity contribution is -0.384. The van der Waals surface area contributed by atoms with E-state index in [1.807, 2.05) is 25.1 Å². The molecule has 2 N–H and O–H groups in total. The zero-order valence-electron chi connectivity index (χ0n) is 17.9. The summed E-state index contributed by atoms with van der Waals surface area (Å²) in [6, 6.07) is 18.6. The summed E-state index contributed by atoms with van der Waals surface area (Å²) in [5, 5.41) is 22.1. The number of aryl methyl sites for hydroxylation is 1. The highest BCUT2D eigenvalue weighted by molar-refractivity contribution is 6.51. The van der Waals surface area contributed by atoms with Crippen molar-refractivity contribution in [3.8, 4) is 0 Å². The van der Waals surface area contributed by atoms with Gasteiger partial charge in [0.15, 0.2) is 0 Å². The number of imidazole rings is 1. The van der Waals surface area contributed by atoms with Crippen molar-refractivity contribution in [1.29, 1.82) is 0 Å². The lowest BCUT2D eigenvalue weighted by atomic mass is 9.95. The van der Waals surface area contributed by atoms with Crippen molar-refractivity contribution in [2.75, 3.05) is 4.90 Å². The van der Waals surface area contributed by atoms with Crippen LogP contribution in [0.1, 0.15) is 22.7 Å². The molecule has 0 spiro atoms. The van der Waals surface area contributed by atoms with E-state index in [0.717, 1.165) is 5.56 Å². The first-order valence-electron chi connectivity index (χ1n) is 10.4. The summed E-state index contributed by atoms with van der Waals surface area (Å²) in [5.41, 5.74) is 2.84. The molecule has 0 radical (unpaired) electrons. The van der Waals surface area contributed by atoms with Crippen LogP contribution in [0.3, 0.4) is 0 Å². The van der Waals surface area contributed by atoms with E-state index in [-0.39, 0.29) is 22.8 Å². The molecule has 2 heterocycles. The van der Waals surface area contributed by atoms with Gasteiger partial charge in [0.2, 0.25) is 5.95 Å². The number of ketones is 1. The van der Waals surface area contributed by atoms with Crippen molar-refractivity contribution in [3.05, 3.63) is 105 Å². The van der Waals surface area contributed by atoms with Crippen molar-refractivity contribution >= 4 is 40.1 Å². The topological polar surface area (TPSA) is 129 Å². The zero-order valence-corrected chi connectivity index (χ0v) is 17.9. The third kappa shape index (κ3) is 3.39. The number of Topliss-reactive ketones (excluding diaryl/α,β-unsaturated/α-hetero) is 1. The van der Waals surface area contributed by atoms with E-state index >= 15 is 0 Å². The van der Waals surface area contributed by atoms with Crippen LogP contribution in [0.15, 0.2) is 78.4 Å². The van der Waals surface area contributed by atoms with E-state index in [1.54, 1.807) is 30.3 Å². The Morgan fingerprint density at radius 1 is 1.06 bits per heavy atom. The monoisotopic (exact) mass is 454 g/mol. The second-order valence-electron chi connectivity index (χ2n) is 7.96. The highest BCUT2D eigenvalue weighted by Gasteiger charge is 2.48. The fraction of sp³-hybridized carbons (Fsp3) is 0.0800. The van der Waals surface area contributed by atoms with Gasteiger partial charge in [-0.05, 0) is 42.3 Å². The van der Waals surface area contributed by atoms with Gasteiger partial charge in [-0.15, -0.1) is 0 Å². The molecule has 0 saturated carbocycles. The Labute approximate surface area is 193 Å². The Hall–Kier alpha value is -4.79. The van der Waals surface area contributed by atoms with Gasteiger partial charge in [-0.2, -0.15) is 0 Å². The Kier molecular flexibility index (Phi) is 4.94. The molecule has 0 aliphatic carbocycles. The number of H-pyrrole nitrogens is 1. The van der Waals surface area contributed by atoms with E-state index in [9.17, 15) is 24.8 Å². The summed E-state index contributed by atoms with van der Waals surface area (Å²) < 4.78 is 0. The van der Waals surface area contributed by atoms with Crippen LogP contribution in [0, 0.1) is 17.0 Å². The maximum Gasteiger partial charge on any atom is 0.302 e. The van der Waals surface area contributed by atoms with Gasteiger partial charge in [0.1, 0.15) is 5.76 Å². The zero-order chi connectivity index (χ0) is 24.0. The highest BCUT2D eigenvalue weighted by atomic mass is 16.6. The van der Waals surface area contributed by atoms with Crippen LogP contribution < -0.4 is 4.90 Å². The van der Waals surface area contributed by atoms with Gasteiger partial charge < -0.3 is 10.1 Å². The SMILES string of the molecule is Cc1ccc2nc(N3C(=O)C(=O)/C(=C(/O)c4ccc([N+](=O)[O-])cc4)C3c3ccccc3)[nH]c2c1. The molecular weight excluding hydrogens is 436 g/mol. The van der Waals surface area contributed by atoms with Crippen molar-refractivity contribution in [3.63, 3.8) is 0 Å². The molecule has 9 heteroatoms. The van der Waals surface area contributed by atoms with Gasteiger partial charge in [0, 0.05) is 17.7 Å². The molecule has 9 nitrogen and oxygen atoms in total. The number of aromatic nitrogens is 2. The summed E-state index contributed by atoms with van der Waals surface area (Å²) >= 11 is 0. The number of carbonyl (C=O) groups excluding carboxylic acids is 2. The van der Waals surface area contributed by atoms with Crippen LogP contribution >= 0.6 is 0 Å². The van der Waals surface area contributed by atoms with Crippen molar-refractivity contribution in [1.82, 2.24) is 9.97 Å². The lowest BCUT2D eigenvalue weighted by Crippen LogP contribution is -2.30. The lowest BCUT2D eigenvalue weighted by Gasteiger charge is -2.23. The van der Waals surface area contributed by atoms with Crippen LogP contribution in [0.25, 0.3) is 16.8 Å². The minimum absolute atomic E-state index is 0.123. The van der Waals surface area contributed by atoms with E-state index in [1.165, 1.54) is 29.2 Å². The molecule has 5 rings (SSSR count). The minimum Gasteiger partial charge on any atom is -0.507 e. The predicted octanol–water partition coefficient (Wildman–Crippen LogP) is 4.41. The number of nitrogens with zero attached hydrogens (tertiary/aromatic N) is 3. The number of benzene rings is 3. The number of anilines is 1. The molecule has 1 aliphatic heterocycles. The first-order chi connectivity index (χ1) is 16.3. The predicted molar refractivity (Wildman–Crippen MR) is 125 cm³/mol. The molecule has 168 valence electrons. The number of rotatable bonds is 4. The van der Waals surface area contributed by atoms with Crippen LogP contribution in [-0.4, -0.2) is 31.7 Å². The Morgan fingerprint density at radius 3 is 2.44 bits per heavy atom. The summed E-state index contributed by atoms with van der Waals surface area (Å²) in [6.07, 6.45) is 0. The maximum absolute atomic E-state index is 13.2. The highest BCUT2D eigenvalue weighted by Crippen LogP contribution is 2.41. The number of nitro benzene ring substituents is 1. The quantitative estimate of drug-likeness (QED) is 0.155. The van der Waals surface area contributed by atoms with Crippen LogP contribution in [0.4, 0.5) is 11.6 Å². The number of hydrogen-bond acceptors (Lipinski definition) is 6. The third-order valence-electron chi connectivity index (χ3n) is 5.76. The number of aliphatic hydroxyl groups is 1. The third-order valence-corrected chi connectivity index (χ3v) is 5.76. The number of fused-ring (bicyclic) bond motifs is 1. The Bertz CT molecular complexity index is 1490. The van der Waals surface area contributed by atoms with Gasteiger partial charge in [0.05, 0.1) is 27.6 Å². The maximum atomic E-state index is 13.2. The van der Waals surface area contributed by atoms with Crippen molar-refractivity contribution in [2.24, 2.45) is 0 Å². The smallest absolute Gasteiger partial charge is 0.302 e. The molecule has 1 unspecified atom stereocenters. The van der Waals surface area contributed by atoms with Gasteiger partial charge in [-0.1, -0.05) is 36.4 Å². The fourth-order valence-electron chi connectivity index (χ4n) is 4.12. The number of nitrogens with one attached hydrogen (secondary N) is 1. The average Bonchev–Trinajstić information content (AvgIpc) is 3.37. The summed E-state index contributed by atoms with van der Waals surface area (Å²) in [7, 11) is 0. The fourth-order valence-corrected chi connectivity index (χ4v) is 4.12. The molecule has 1 saturated heterocycles. The largest absolute Gasteiger partial charge is 0.507 e. The Morgan fingerprint density at radius 2 is 1.76 bits per heavy atom. The second kappa shape index (κ2) is 7.96. The van der Waals surface area contributed by atoms with Gasteiger partial charge >= 0.3 is 5.91 Å². The van der Waals surface area contributed by atoms with Crippen molar-refractivity contribution < 1.29 is 19.6 Å². The molecule has 1 atom stereocenters. The first kappa shape index (κ1) is 21.1. The molecule has 4 aromatic rings. The number of hydrogen-bond donors (Lipinski definition) is 2. The molecule has 1 fully saturated rings. The van der Waals surface area contributed by atoms with Gasteiger partial charge in [-0.3, -0.25) is 24.6 Å². The van der Waals surface area contributed by atoms with Gasteiger partial charge in [-0.25, -0.2) is 4.98 Å². The molecule has 0 bridgehead atoms. The van der Waals surface area contributed by atoms with Crippen LogP contribution in [0.2, 0.25) is 0 Å². The standard InChI is InChI=1S/C25H18N4O5/c1-14-7-12-18-19(13-14)27-25(26-18)28-21(15-5-3-2-4-6-15)20(23(31)24(28)32)22(30)16-8-10-17(11-9-16)29(33)34/h2-13,21,30H,1H3,(H,26,27)/b22-20+.